The molecule has 0 aromatic carbocycles. The van der Waals surface area contributed by atoms with E-state index < -0.39 is 0 Å². The predicted molar refractivity (Wildman–Crippen MR) is 72.8 cm³/mol. The number of pyridine rings is 1. The molecule has 5 heteroatoms. The van der Waals surface area contributed by atoms with Gasteiger partial charge >= 0.3 is 0 Å². The van der Waals surface area contributed by atoms with Crippen LogP contribution in [0.15, 0.2) is 18.5 Å². The lowest BCUT2D eigenvalue weighted by Gasteiger charge is -2.19. The molecule has 96 valence electrons. The number of aryl methyl sites for hydroxylation is 3. The second-order valence-electron chi connectivity index (χ2n) is 4.44. The summed E-state index contributed by atoms with van der Waals surface area (Å²) < 4.78 is 1.78. The molecule has 1 unspecified atom stereocenters. The van der Waals surface area contributed by atoms with E-state index in [9.17, 15) is 0 Å². The summed E-state index contributed by atoms with van der Waals surface area (Å²) in [5.74, 6) is 0. The van der Waals surface area contributed by atoms with Crippen molar-refractivity contribution in [3.8, 4) is 0 Å². The van der Waals surface area contributed by atoms with Crippen molar-refractivity contribution in [1.82, 2.24) is 20.1 Å². The summed E-state index contributed by atoms with van der Waals surface area (Å²) in [6.07, 6.45) is 3.53. The molecule has 2 aromatic rings. The smallest absolute Gasteiger partial charge is 0.0937 e. The monoisotopic (exact) mass is 264 g/mol. The maximum Gasteiger partial charge on any atom is 0.0937 e. The van der Waals surface area contributed by atoms with Gasteiger partial charge in [-0.05, 0) is 32.0 Å². The summed E-state index contributed by atoms with van der Waals surface area (Å²) >= 11 is 6.20. The topological polar surface area (TPSA) is 42.7 Å². The van der Waals surface area contributed by atoms with Gasteiger partial charge in [0.25, 0.3) is 0 Å². The van der Waals surface area contributed by atoms with Crippen LogP contribution >= 0.6 is 11.6 Å². The van der Waals surface area contributed by atoms with Crippen LogP contribution in [0.3, 0.4) is 0 Å². The zero-order valence-electron chi connectivity index (χ0n) is 11.0. The lowest BCUT2D eigenvalue weighted by molar-refractivity contribution is 0.591. The first-order valence-corrected chi connectivity index (χ1v) is 6.20. The van der Waals surface area contributed by atoms with Crippen LogP contribution in [0.5, 0.6) is 0 Å². The molecule has 2 aromatic heterocycles. The Balaban J connectivity index is 2.52. The first kappa shape index (κ1) is 13.1. The molecule has 1 N–H and O–H groups in total. The van der Waals surface area contributed by atoms with Gasteiger partial charge in [0.05, 0.1) is 28.6 Å². The largest absolute Gasteiger partial charge is 0.307 e. The van der Waals surface area contributed by atoms with Crippen molar-refractivity contribution < 1.29 is 0 Å². The average molecular weight is 265 g/mol. The van der Waals surface area contributed by atoms with E-state index in [1.54, 1.807) is 10.9 Å². The van der Waals surface area contributed by atoms with E-state index in [2.05, 4.69) is 28.4 Å². The van der Waals surface area contributed by atoms with Crippen LogP contribution in [-0.2, 0) is 7.05 Å². The Labute approximate surface area is 112 Å². The lowest BCUT2D eigenvalue weighted by atomic mass is 10.0. The van der Waals surface area contributed by atoms with Gasteiger partial charge in [-0.1, -0.05) is 17.7 Å². The highest BCUT2D eigenvalue weighted by Crippen LogP contribution is 2.28. The van der Waals surface area contributed by atoms with Crippen molar-refractivity contribution in [2.75, 3.05) is 7.05 Å². The molecule has 2 rings (SSSR count). The summed E-state index contributed by atoms with van der Waals surface area (Å²) in [4.78, 5) is 4.52. The highest BCUT2D eigenvalue weighted by atomic mass is 35.5. The third kappa shape index (κ3) is 2.26. The normalized spacial score (nSPS) is 12.7. The standard InChI is InChI=1S/C13H17ClN4/c1-8-5-9(2)11(16-6-8)12(15-3)13-10(14)7-17-18(13)4/h5-7,12,15H,1-4H3. The molecule has 2 heterocycles. The zero-order valence-corrected chi connectivity index (χ0v) is 11.8. The molecule has 0 saturated heterocycles. The van der Waals surface area contributed by atoms with Crippen molar-refractivity contribution in [1.29, 1.82) is 0 Å². The van der Waals surface area contributed by atoms with Crippen molar-refractivity contribution in [3.05, 3.63) is 46.0 Å². The highest BCUT2D eigenvalue weighted by molar-refractivity contribution is 6.31. The molecule has 0 bridgehead atoms. The van der Waals surface area contributed by atoms with Gasteiger partial charge in [-0.15, -0.1) is 0 Å². The Bertz CT molecular complexity index is 543. The van der Waals surface area contributed by atoms with E-state index in [1.807, 2.05) is 27.2 Å². The van der Waals surface area contributed by atoms with Crippen LogP contribution in [0.25, 0.3) is 0 Å². The van der Waals surface area contributed by atoms with Gasteiger partial charge in [0.1, 0.15) is 0 Å². The van der Waals surface area contributed by atoms with Crippen LogP contribution < -0.4 is 5.32 Å². The third-order valence-corrected chi connectivity index (χ3v) is 3.32. The molecule has 0 spiro atoms. The molecule has 0 aliphatic carbocycles. The molecular formula is C13H17ClN4. The summed E-state index contributed by atoms with van der Waals surface area (Å²) in [7, 11) is 3.78. The van der Waals surface area contributed by atoms with Crippen molar-refractivity contribution in [2.45, 2.75) is 19.9 Å². The molecule has 0 radical (unpaired) electrons. The van der Waals surface area contributed by atoms with Gasteiger partial charge in [0.2, 0.25) is 0 Å². The van der Waals surface area contributed by atoms with Crippen LogP contribution in [0, 0.1) is 13.8 Å². The number of hydrogen-bond donors (Lipinski definition) is 1. The van der Waals surface area contributed by atoms with E-state index in [0.29, 0.717) is 5.02 Å². The molecule has 0 aliphatic heterocycles. The second kappa shape index (κ2) is 5.08. The second-order valence-corrected chi connectivity index (χ2v) is 4.85. The molecule has 4 nitrogen and oxygen atoms in total. The number of nitrogens with one attached hydrogen (secondary N) is 1. The molecule has 1 atom stereocenters. The minimum absolute atomic E-state index is 0.0504. The summed E-state index contributed by atoms with van der Waals surface area (Å²) in [5, 5.41) is 8.08. The van der Waals surface area contributed by atoms with E-state index in [4.69, 9.17) is 11.6 Å². The first-order chi connectivity index (χ1) is 8.54. The number of hydrogen-bond acceptors (Lipinski definition) is 3. The third-order valence-electron chi connectivity index (χ3n) is 3.03. The first-order valence-electron chi connectivity index (χ1n) is 5.82. The van der Waals surface area contributed by atoms with Gasteiger partial charge in [-0.2, -0.15) is 5.10 Å². The van der Waals surface area contributed by atoms with Crippen LogP contribution in [0.1, 0.15) is 28.6 Å². The lowest BCUT2D eigenvalue weighted by Crippen LogP contribution is -2.23. The molecule has 0 fully saturated rings. The van der Waals surface area contributed by atoms with Crippen LogP contribution in [0.4, 0.5) is 0 Å². The zero-order chi connectivity index (χ0) is 13.3. The minimum atomic E-state index is -0.0504. The average Bonchev–Trinajstić information content (AvgIpc) is 2.64. The number of aromatic nitrogens is 3. The number of rotatable bonds is 3. The van der Waals surface area contributed by atoms with Crippen LogP contribution in [-0.4, -0.2) is 21.8 Å². The fraction of sp³-hybridized carbons (Fsp3) is 0.385. The fourth-order valence-electron chi connectivity index (χ4n) is 2.18. The maximum absolute atomic E-state index is 6.20. The maximum atomic E-state index is 6.20. The van der Waals surface area contributed by atoms with Gasteiger partial charge < -0.3 is 5.32 Å². The molecule has 0 amide bonds. The van der Waals surface area contributed by atoms with Gasteiger partial charge in [0.15, 0.2) is 0 Å². The number of nitrogens with zero attached hydrogens (tertiary/aromatic N) is 3. The Hall–Kier alpha value is -1.39. The quantitative estimate of drug-likeness (QED) is 0.926. The van der Waals surface area contributed by atoms with Crippen LogP contribution in [0.2, 0.25) is 5.02 Å². The Morgan fingerprint density at radius 2 is 2.06 bits per heavy atom. The van der Waals surface area contributed by atoms with E-state index in [-0.39, 0.29) is 6.04 Å². The Morgan fingerprint density at radius 1 is 1.33 bits per heavy atom. The predicted octanol–water partition coefficient (Wildman–Crippen LogP) is 2.39. The Kier molecular flexibility index (Phi) is 3.68. The highest BCUT2D eigenvalue weighted by Gasteiger charge is 2.22. The van der Waals surface area contributed by atoms with E-state index >= 15 is 0 Å². The summed E-state index contributed by atoms with van der Waals surface area (Å²) in [6.45, 7) is 4.10. The molecular weight excluding hydrogens is 248 g/mol. The fourth-order valence-corrected chi connectivity index (χ4v) is 2.45. The molecule has 0 saturated carbocycles. The van der Waals surface area contributed by atoms with Crippen molar-refractivity contribution in [2.24, 2.45) is 7.05 Å². The number of halogens is 1. The Morgan fingerprint density at radius 3 is 2.56 bits per heavy atom. The SMILES string of the molecule is CNC(c1ncc(C)cc1C)c1c(Cl)cnn1C. The van der Waals surface area contributed by atoms with Crippen molar-refractivity contribution in [3.63, 3.8) is 0 Å². The van der Waals surface area contributed by atoms with Gasteiger partial charge in [-0.25, -0.2) is 0 Å². The van der Waals surface area contributed by atoms with E-state index in [0.717, 1.165) is 22.5 Å². The molecule has 0 aliphatic rings. The van der Waals surface area contributed by atoms with Crippen molar-refractivity contribution >= 4 is 11.6 Å². The summed E-state index contributed by atoms with van der Waals surface area (Å²) in [6, 6.07) is 2.07. The van der Waals surface area contributed by atoms with Gasteiger partial charge in [-0.3, -0.25) is 9.67 Å². The van der Waals surface area contributed by atoms with Gasteiger partial charge in [0, 0.05) is 13.2 Å². The molecule has 18 heavy (non-hydrogen) atoms. The summed E-state index contributed by atoms with van der Waals surface area (Å²) in [5.41, 5.74) is 4.21. The van der Waals surface area contributed by atoms with E-state index in [1.165, 1.54) is 0 Å². The minimum Gasteiger partial charge on any atom is -0.307 e.